The summed E-state index contributed by atoms with van der Waals surface area (Å²) in [5.74, 6) is 5.72. The van der Waals surface area contributed by atoms with Gasteiger partial charge in [0.1, 0.15) is 18.0 Å². The van der Waals surface area contributed by atoms with Crippen LogP contribution in [-0.2, 0) is 11.3 Å². The van der Waals surface area contributed by atoms with Gasteiger partial charge in [-0.1, -0.05) is 0 Å². The Balaban J connectivity index is 2.07. The van der Waals surface area contributed by atoms with E-state index in [-0.39, 0.29) is 11.4 Å². The van der Waals surface area contributed by atoms with E-state index >= 15 is 0 Å². The van der Waals surface area contributed by atoms with Gasteiger partial charge in [-0.2, -0.15) is 0 Å². The largest absolute Gasteiger partial charge is 0.497 e. The number of aromatic amines is 1. The van der Waals surface area contributed by atoms with Gasteiger partial charge in [0.15, 0.2) is 0 Å². The fraction of sp³-hybridized carbons (Fsp3) is 0.214. The van der Waals surface area contributed by atoms with Crippen molar-refractivity contribution < 1.29 is 13.9 Å². The number of nitrogens with two attached hydrogens (primary N) is 1. The van der Waals surface area contributed by atoms with Gasteiger partial charge in [-0.15, -0.1) is 5.10 Å². The second kappa shape index (κ2) is 5.86. The molecule has 0 atom stereocenters. The smallest absolute Gasteiger partial charge is 0.287 e. The van der Waals surface area contributed by atoms with Crippen LogP contribution in [0.25, 0.3) is 22.5 Å². The Kier molecular flexibility index (Phi) is 3.89. The Morgan fingerprint density at radius 1 is 1.57 bits per heavy atom. The Hall–Kier alpha value is -2.65. The number of nitrogens with one attached hydrogen (secondary N) is 2. The molecule has 1 amide bonds. The van der Waals surface area contributed by atoms with Crippen LogP contribution in [0.15, 0.2) is 22.6 Å². The lowest BCUT2D eigenvalue weighted by atomic mass is 10.1. The summed E-state index contributed by atoms with van der Waals surface area (Å²) in [7, 11) is 1.62. The van der Waals surface area contributed by atoms with Crippen LogP contribution >= 0.6 is 12.2 Å². The van der Waals surface area contributed by atoms with Crippen molar-refractivity contribution in [3.63, 3.8) is 0 Å². The molecule has 0 aliphatic heterocycles. The van der Waals surface area contributed by atoms with Gasteiger partial charge in [0, 0.05) is 10.9 Å². The van der Waals surface area contributed by atoms with Crippen LogP contribution in [0.3, 0.4) is 0 Å². The van der Waals surface area contributed by atoms with Gasteiger partial charge in [0.05, 0.1) is 7.11 Å². The van der Waals surface area contributed by atoms with Gasteiger partial charge in [-0.05, 0) is 42.9 Å². The zero-order valence-corrected chi connectivity index (χ0v) is 13.4. The number of hydrazine groups is 1. The Bertz CT molecular complexity index is 940. The van der Waals surface area contributed by atoms with Gasteiger partial charge in [0.25, 0.3) is 16.6 Å². The van der Waals surface area contributed by atoms with E-state index in [0.717, 1.165) is 22.2 Å². The van der Waals surface area contributed by atoms with Crippen molar-refractivity contribution in [2.45, 2.75) is 13.5 Å². The molecule has 0 unspecified atom stereocenters. The minimum Gasteiger partial charge on any atom is -0.497 e. The molecule has 3 rings (SSSR count). The Labute approximate surface area is 136 Å². The number of methoxy groups -OCH3 is 1. The van der Waals surface area contributed by atoms with Crippen LogP contribution < -0.4 is 16.0 Å². The first-order chi connectivity index (χ1) is 11.0. The van der Waals surface area contributed by atoms with Crippen LogP contribution in [0.2, 0.25) is 0 Å². The van der Waals surface area contributed by atoms with E-state index < -0.39 is 5.91 Å². The monoisotopic (exact) mass is 333 g/mol. The number of hydrogen-bond donors (Lipinski definition) is 3. The molecule has 2 aromatic heterocycles. The Morgan fingerprint density at radius 3 is 3.04 bits per heavy atom. The van der Waals surface area contributed by atoms with Gasteiger partial charge in [-0.25, -0.2) is 10.5 Å². The molecule has 0 saturated heterocycles. The molecule has 1 aromatic carbocycles. The zero-order valence-electron chi connectivity index (χ0n) is 12.5. The molecule has 23 heavy (non-hydrogen) atoms. The molecule has 4 N–H and O–H groups in total. The molecule has 0 aliphatic rings. The summed E-state index contributed by atoms with van der Waals surface area (Å²) >= 11 is 5.08. The highest BCUT2D eigenvalue weighted by molar-refractivity contribution is 7.71. The van der Waals surface area contributed by atoms with Crippen molar-refractivity contribution in [3.8, 4) is 17.3 Å². The summed E-state index contributed by atoms with van der Waals surface area (Å²) in [6, 6.07) is 5.71. The van der Waals surface area contributed by atoms with Crippen molar-refractivity contribution >= 4 is 29.0 Å². The maximum absolute atomic E-state index is 11.4. The number of rotatable bonds is 4. The number of H-pyrrole nitrogens is 1. The number of amides is 1. The van der Waals surface area contributed by atoms with Crippen molar-refractivity contribution in [3.05, 3.63) is 28.6 Å². The van der Waals surface area contributed by atoms with E-state index in [1.807, 2.05) is 30.5 Å². The van der Waals surface area contributed by atoms with E-state index in [9.17, 15) is 4.79 Å². The van der Waals surface area contributed by atoms with Gasteiger partial charge < -0.3 is 14.1 Å². The molecule has 0 fully saturated rings. The second-order valence-corrected chi connectivity index (χ2v) is 5.28. The minimum absolute atomic E-state index is 0.0965. The molecule has 3 aromatic rings. The molecule has 0 radical (unpaired) electrons. The predicted octanol–water partition coefficient (Wildman–Crippen LogP) is 1.66. The SMILES string of the molecule is COc1ccc2[nH]c(-c3nn(CC(=O)NN)c(=S)o3)c(C)c2c1. The highest BCUT2D eigenvalue weighted by atomic mass is 32.1. The fourth-order valence-corrected chi connectivity index (χ4v) is 2.52. The molecule has 0 aliphatic carbocycles. The standard InChI is InChI=1S/C14H15N5O3S/c1-7-9-5-8(21-2)3-4-10(9)16-12(7)13-18-19(14(23)22-13)6-11(20)17-15/h3-5,16H,6,15H2,1-2H3,(H,17,20). The lowest BCUT2D eigenvalue weighted by Gasteiger charge is -1.98. The van der Waals surface area contributed by atoms with Gasteiger partial charge >= 0.3 is 0 Å². The normalized spacial score (nSPS) is 10.9. The molecular formula is C14H15N5O3S. The summed E-state index contributed by atoms with van der Waals surface area (Å²) in [6.07, 6.45) is 0. The fourth-order valence-electron chi connectivity index (χ4n) is 2.34. The first kappa shape index (κ1) is 15.3. The summed E-state index contributed by atoms with van der Waals surface area (Å²) in [5.41, 5.74) is 4.60. The van der Waals surface area contributed by atoms with Crippen molar-refractivity contribution in [1.29, 1.82) is 0 Å². The molecule has 120 valence electrons. The predicted molar refractivity (Wildman–Crippen MR) is 86.2 cm³/mol. The highest BCUT2D eigenvalue weighted by Gasteiger charge is 2.17. The molecule has 0 bridgehead atoms. The quantitative estimate of drug-likeness (QED) is 0.290. The van der Waals surface area contributed by atoms with E-state index in [0.29, 0.717) is 11.6 Å². The topological polar surface area (TPSA) is 111 Å². The molecular weight excluding hydrogens is 318 g/mol. The van der Waals surface area contributed by atoms with E-state index in [2.05, 4.69) is 10.1 Å². The third kappa shape index (κ3) is 2.71. The lowest BCUT2D eigenvalue weighted by Crippen LogP contribution is -2.33. The maximum atomic E-state index is 11.4. The molecule has 0 saturated carbocycles. The van der Waals surface area contributed by atoms with Crippen molar-refractivity contribution in [2.24, 2.45) is 5.84 Å². The van der Waals surface area contributed by atoms with Crippen LogP contribution in [0, 0.1) is 11.8 Å². The number of fused-ring (bicyclic) bond motifs is 1. The number of carbonyl (C=O) groups excluding carboxylic acids is 1. The van der Waals surface area contributed by atoms with Crippen LogP contribution in [-0.4, -0.2) is 27.8 Å². The average molecular weight is 333 g/mol. The first-order valence-electron chi connectivity index (χ1n) is 6.77. The first-order valence-corrected chi connectivity index (χ1v) is 7.18. The third-order valence-corrected chi connectivity index (χ3v) is 3.83. The second-order valence-electron chi connectivity index (χ2n) is 4.93. The number of aryl methyl sites for hydroxylation is 1. The molecule has 0 spiro atoms. The zero-order chi connectivity index (χ0) is 16.6. The Morgan fingerprint density at radius 2 is 2.35 bits per heavy atom. The lowest BCUT2D eigenvalue weighted by molar-refractivity contribution is -0.121. The third-order valence-electron chi connectivity index (χ3n) is 3.54. The van der Waals surface area contributed by atoms with Crippen LogP contribution in [0.4, 0.5) is 0 Å². The van der Waals surface area contributed by atoms with E-state index in [1.165, 1.54) is 4.68 Å². The molecule has 2 heterocycles. The van der Waals surface area contributed by atoms with Gasteiger partial charge in [0.2, 0.25) is 0 Å². The number of benzene rings is 1. The molecule has 9 heteroatoms. The minimum atomic E-state index is -0.418. The summed E-state index contributed by atoms with van der Waals surface area (Å²) in [4.78, 5) is 14.7. The average Bonchev–Trinajstić information content (AvgIpc) is 3.07. The van der Waals surface area contributed by atoms with Crippen molar-refractivity contribution in [2.75, 3.05) is 7.11 Å². The molecule has 8 nitrogen and oxygen atoms in total. The summed E-state index contributed by atoms with van der Waals surface area (Å²) in [6.45, 7) is 1.84. The number of ether oxygens (including phenoxy) is 1. The van der Waals surface area contributed by atoms with E-state index in [1.54, 1.807) is 7.11 Å². The number of aromatic nitrogens is 3. The summed E-state index contributed by atoms with van der Waals surface area (Å²) < 4.78 is 12.0. The van der Waals surface area contributed by atoms with E-state index in [4.69, 9.17) is 27.2 Å². The van der Waals surface area contributed by atoms with Crippen molar-refractivity contribution in [1.82, 2.24) is 20.2 Å². The van der Waals surface area contributed by atoms with Crippen LogP contribution in [0.5, 0.6) is 5.75 Å². The number of hydrogen-bond acceptors (Lipinski definition) is 6. The van der Waals surface area contributed by atoms with Crippen LogP contribution in [0.1, 0.15) is 5.56 Å². The number of nitrogens with zero attached hydrogens (tertiary/aromatic N) is 2. The number of carbonyl (C=O) groups is 1. The highest BCUT2D eigenvalue weighted by Crippen LogP contribution is 2.31. The summed E-state index contributed by atoms with van der Waals surface area (Å²) in [5, 5.41) is 5.23. The van der Waals surface area contributed by atoms with Gasteiger partial charge in [-0.3, -0.25) is 10.2 Å². The maximum Gasteiger partial charge on any atom is 0.287 e.